The Kier molecular flexibility index (Phi) is 10.2. The molecule has 2 N–H and O–H groups in total. The van der Waals surface area contributed by atoms with E-state index in [1.54, 1.807) is 7.11 Å². The number of likely N-dealkylation sites (tertiary alicyclic amines) is 1. The van der Waals surface area contributed by atoms with Gasteiger partial charge in [-0.25, -0.2) is 4.98 Å². The molecule has 1 aromatic heterocycles. The van der Waals surface area contributed by atoms with Gasteiger partial charge in [0.05, 0.1) is 23.9 Å². The van der Waals surface area contributed by atoms with Crippen LogP contribution in [-0.4, -0.2) is 61.0 Å². The lowest BCUT2D eigenvalue weighted by Crippen LogP contribution is -2.50. The summed E-state index contributed by atoms with van der Waals surface area (Å²) < 4.78 is 5.31. The zero-order valence-electron chi connectivity index (χ0n) is 24.6. The van der Waals surface area contributed by atoms with Crippen LogP contribution in [-0.2, 0) is 11.2 Å². The highest BCUT2D eigenvalue weighted by Gasteiger charge is 2.27. The number of ether oxygens (including phenoxy) is 1. The van der Waals surface area contributed by atoms with Crippen LogP contribution in [0.15, 0.2) is 48.5 Å². The van der Waals surface area contributed by atoms with Crippen LogP contribution >= 0.6 is 0 Å². The van der Waals surface area contributed by atoms with Crippen molar-refractivity contribution in [2.75, 3.05) is 27.2 Å². The summed E-state index contributed by atoms with van der Waals surface area (Å²) in [7, 11) is 3.78. The van der Waals surface area contributed by atoms with E-state index in [2.05, 4.69) is 41.6 Å². The van der Waals surface area contributed by atoms with E-state index in [1.807, 2.05) is 50.2 Å². The topological polar surface area (TPSA) is 83.6 Å². The van der Waals surface area contributed by atoms with E-state index in [9.17, 15) is 9.59 Å². The molecule has 1 aliphatic rings. The number of nitrogens with one attached hydrogen (secondary N) is 2. The summed E-state index contributed by atoms with van der Waals surface area (Å²) in [5, 5.41) is 6.95. The van der Waals surface area contributed by atoms with E-state index in [1.165, 1.54) is 18.4 Å². The number of nitrogens with zero attached hydrogens (tertiary/aromatic N) is 2. The number of methoxy groups -OCH3 is 1. The third-order valence-corrected chi connectivity index (χ3v) is 8.01. The van der Waals surface area contributed by atoms with Crippen molar-refractivity contribution in [2.24, 2.45) is 5.92 Å². The Bertz CT molecular complexity index is 1310. The maximum absolute atomic E-state index is 13.9. The summed E-state index contributed by atoms with van der Waals surface area (Å²) in [6.07, 6.45) is 6.42. The molecule has 0 aliphatic carbocycles. The number of amides is 2. The van der Waals surface area contributed by atoms with Crippen molar-refractivity contribution < 1.29 is 14.3 Å². The third kappa shape index (κ3) is 7.19. The molecule has 2 amide bonds. The first-order chi connectivity index (χ1) is 19.3. The first-order valence-electron chi connectivity index (χ1n) is 14.7. The van der Waals surface area contributed by atoms with Gasteiger partial charge < -0.3 is 20.3 Å². The predicted octanol–water partition coefficient (Wildman–Crippen LogP) is 5.61. The summed E-state index contributed by atoms with van der Waals surface area (Å²) in [6.45, 7) is 7.82. The Balaban J connectivity index is 1.60. The molecule has 3 aromatic rings. The van der Waals surface area contributed by atoms with Crippen LogP contribution in [0.25, 0.3) is 22.2 Å². The lowest BCUT2D eigenvalue weighted by atomic mass is 9.98. The third-order valence-electron chi connectivity index (χ3n) is 8.01. The van der Waals surface area contributed by atoms with Gasteiger partial charge in [-0.2, -0.15) is 0 Å². The average molecular weight is 545 g/mol. The number of fused-ring (bicyclic) bond motifs is 1. The van der Waals surface area contributed by atoms with Gasteiger partial charge in [0.2, 0.25) is 5.91 Å². The molecule has 2 aromatic carbocycles. The Morgan fingerprint density at radius 2 is 1.90 bits per heavy atom. The first kappa shape index (κ1) is 29.5. The van der Waals surface area contributed by atoms with Crippen molar-refractivity contribution in [1.29, 1.82) is 0 Å². The second kappa shape index (κ2) is 13.8. The molecule has 0 bridgehead atoms. The van der Waals surface area contributed by atoms with Crippen LogP contribution in [0.2, 0.25) is 0 Å². The number of hydrogen-bond acceptors (Lipinski definition) is 5. The fraction of sp³-hybridized carbons (Fsp3) is 0.485. The Labute approximate surface area is 238 Å². The molecule has 1 fully saturated rings. The summed E-state index contributed by atoms with van der Waals surface area (Å²) >= 11 is 0. The summed E-state index contributed by atoms with van der Waals surface area (Å²) in [5.74, 6) is 0.293. The molecule has 0 radical (unpaired) electrons. The molecule has 4 rings (SSSR count). The number of carbonyl (C=O) groups excluding carboxylic acids is 2. The number of unbranched alkanes of at least 4 members (excludes halogenated alkanes) is 1. The molecule has 1 saturated heterocycles. The van der Waals surface area contributed by atoms with Crippen molar-refractivity contribution in [1.82, 2.24) is 20.5 Å². The average Bonchev–Trinajstić information content (AvgIpc) is 3.37. The van der Waals surface area contributed by atoms with Gasteiger partial charge in [0, 0.05) is 23.5 Å². The van der Waals surface area contributed by atoms with Crippen molar-refractivity contribution in [3.8, 4) is 17.0 Å². The number of aromatic nitrogens is 1. The van der Waals surface area contributed by atoms with Gasteiger partial charge in [0.1, 0.15) is 11.8 Å². The molecule has 0 spiro atoms. The lowest BCUT2D eigenvalue weighted by Gasteiger charge is -2.24. The molecular formula is C33H44N4O3. The van der Waals surface area contributed by atoms with Crippen LogP contribution in [0.5, 0.6) is 5.75 Å². The smallest absolute Gasteiger partial charge is 0.252 e. The van der Waals surface area contributed by atoms with Crippen LogP contribution in [0.4, 0.5) is 0 Å². The van der Waals surface area contributed by atoms with E-state index in [0.29, 0.717) is 23.8 Å². The zero-order valence-corrected chi connectivity index (χ0v) is 24.6. The van der Waals surface area contributed by atoms with Crippen molar-refractivity contribution in [3.63, 3.8) is 0 Å². The van der Waals surface area contributed by atoms with Gasteiger partial charge >= 0.3 is 0 Å². The van der Waals surface area contributed by atoms with Gasteiger partial charge in [-0.3, -0.25) is 9.59 Å². The van der Waals surface area contributed by atoms with Gasteiger partial charge in [0.15, 0.2) is 0 Å². The number of carbonyl (C=O) groups is 2. The van der Waals surface area contributed by atoms with E-state index in [-0.39, 0.29) is 17.7 Å². The summed E-state index contributed by atoms with van der Waals surface area (Å²) in [4.78, 5) is 34.3. The standard InChI is InChI=1S/C33H44N4O3/c1-6-7-9-23-11-16-29-27(20-23)28(21-30(35-29)24-12-14-26(40-5)15-13-24)32(38)36-31(22(2)3)33(39)34-18-17-25-10-8-19-37(25)4/h11-16,20-22,25,31H,6-10,17-19H2,1-5H3,(H,34,39)(H,36,38). The Hall–Kier alpha value is -3.45. The van der Waals surface area contributed by atoms with Gasteiger partial charge in [0.25, 0.3) is 5.91 Å². The molecule has 40 heavy (non-hydrogen) atoms. The van der Waals surface area contributed by atoms with Gasteiger partial charge in [-0.05, 0) is 99.6 Å². The van der Waals surface area contributed by atoms with Crippen LogP contribution in [0.3, 0.4) is 0 Å². The minimum atomic E-state index is -0.635. The highest BCUT2D eigenvalue weighted by atomic mass is 16.5. The van der Waals surface area contributed by atoms with E-state index in [4.69, 9.17) is 9.72 Å². The molecule has 0 saturated carbocycles. The molecular weight excluding hydrogens is 500 g/mol. The SMILES string of the molecule is CCCCc1ccc2nc(-c3ccc(OC)cc3)cc(C(=O)NC(C(=O)NCCC3CCCN3C)C(C)C)c2c1. The Morgan fingerprint density at radius 1 is 1.12 bits per heavy atom. The zero-order chi connectivity index (χ0) is 28.6. The number of benzene rings is 2. The van der Waals surface area contributed by atoms with E-state index in [0.717, 1.165) is 54.4 Å². The van der Waals surface area contributed by atoms with E-state index >= 15 is 0 Å². The number of rotatable bonds is 12. The van der Waals surface area contributed by atoms with Gasteiger partial charge in [-0.1, -0.05) is 33.3 Å². The number of aryl methyl sites for hydroxylation is 1. The fourth-order valence-electron chi connectivity index (χ4n) is 5.48. The lowest BCUT2D eigenvalue weighted by molar-refractivity contribution is -0.124. The summed E-state index contributed by atoms with van der Waals surface area (Å²) in [5.41, 5.74) is 4.05. The Morgan fingerprint density at radius 3 is 2.55 bits per heavy atom. The van der Waals surface area contributed by atoms with Crippen LogP contribution in [0, 0.1) is 5.92 Å². The maximum Gasteiger partial charge on any atom is 0.252 e. The molecule has 2 atom stereocenters. The number of hydrogen-bond donors (Lipinski definition) is 2. The minimum Gasteiger partial charge on any atom is -0.497 e. The predicted molar refractivity (Wildman–Crippen MR) is 162 cm³/mol. The highest BCUT2D eigenvalue weighted by Crippen LogP contribution is 2.28. The summed E-state index contributed by atoms with van der Waals surface area (Å²) in [6, 6.07) is 15.5. The van der Waals surface area contributed by atoms with Crippen LogP contribution < -0.4 is 15.4 Å². The van der Waals surface area contributed by atoms with E-state index < -0.39 is 6.04 Å². The molecule has 2 unspecified atom stereocenters. The van der Waals surface area contributed by atoms with Crippen molar-refractivity contribution in [2.45, 2.75) is 71.4 Å². The maximum atomic E-state index is 13.9. The largest absolute Gasteiger partial charge is 0.497 e. The second-order valence-corrected chi connectivity index (χ2v) is 11.3. The first-order valence-corrected chi connectivity index (χ1v) is 14.7. The van der Waals surface area contributed by atoms with Crippen molar-refractivity contribution in [3.05, 3.63) is 59.7 Å². The van der Waals surface area contributed by atoms with Crippen LogP contribution in [0.1, 0.15) is 68.8 Å². The molecule has 7 heteroatoms. The molecule has 1 aliphatic heterocycles. The fourth-order valence-corrected chi connectivity index (χ4v) is 5.48. The number of pyridine rings is 1. The monoisotopic (exact) mass is 544 g/mol. The molecule has 2 heterocycles. The molecule has 214 valence electrons. The van der Waals surface area contributed by atoms with Crippen molar-refractivity contribution >= 4 is 22.7 Å². The minimum absolute atomic E-state index is 0.0626. The highest BCUT2D eigenvalue weighted by molar-refractivity contribution is 6.08. The van der Waals surface area contributed by atoms with Gasteiger partial charge in [-0.15, -0.1) is 0 Å². The quantitative estimate of drug-likeness (QED) is 0.310. The molecule has 7 nitrogen and oxygen atoms in total. The second-order valence-electron chi connectivity index (χ2n) is 11.3. The normalized spacial score (nSPS) is 16.3.